The predicted molar refractivity (Wildman–Crippen MR) is 78.5 cm³/mol. The number of carbonyl (C=O) groups excluding carboxylic acids is 1. The molecule has 1 amide bonds. The summed E-state index contributed by atoms with van der Waals surface area (Å²) >= 11 is 1.30. The largest absolute Gasteiger partial charge is 0.508 e. The molecule has 1 heterocycles. The first-order chi connectivity index (χ1) is 9.67. The Balaban J connectivity index is 1.94. The van der Waals surface area contributed by atoms with Gasteiger partial charge in [0.05, 0.1) is 24.0 Å². The lowest BCUT2D eigenvalue weighted by Gasteiger charge is -2.02. The van der Waals surface area contributed by atoms with Gasteiger partial charge in [0.1, 0.15) is 5.75 Å². The van der Waals surface area contributed by atoms with Crippen molar-refractivity contribution in [2.45, 2.75) is 6.42 Å². The van der Waals surface area contributed by atoms with Crippen molar-refractivity contribution in [3.63, 3.8) is 0 Å². The van der Waals surface area contributed by atoms with Gasteiger partial charge in [-0.2, -0.15) is 0 Å². The van der Waals surface area contributed by atoms with Gasteiger partial charge in [-0.25, -0.2) is 4.98 Å². The molecule has 0 bridgehead atoms. The highest BCUT2D eigenvalue weighted by atomic mass is 32.1. The minimum absolute atomic E-state index is 0.164. The normalized spacial score (nSPS) is 9.65. The number of aromatic hydroxyl groups is 1. The summed E-state index contributed by atoms with van der Waals surface area (Å²) < 4.78 is 0. The number of phenolic OH excluding ortho intramolecular Hbond substituents is 1. The van der Waals surface area contributed by atoms with Gasteiger partial charge >= 0.3 is 0 Å². The first-order valence-corrected chi connectivity index (χ1v) is 6.71. The molecule has 0 spiro atoms. The lowest BCUT2D eigenvalue weighted by Crippen LogP contribution is -2.13. The average molecular weight is 287 g/mol. The number of thiazole rings is 1. The fourth-order valence-corrected chi connectivity index (χ4v) is 2.20. The first-order valence-electron chi connectivity index (χ1n) is 5.90. The van der Waals surface area contributed by atoms with Crippen molar-refractivity contribution in [1.82, 2.24) is 4.98 Å². The molecule has 1 aromatic heterocycles. The Labute approximate surface area is 120 Å². The van der Waals surface area contributed by atoms with Crippen molar-refractivity contribution in [2.75, 3.05) is 11.9 Å². The van der Waals surface area contributed by atoms with E-state index >= 15 is 0 Å². The summed E-state index contributed by atoms with van der Waals surface area (Å²) in [4.78, 5) is 16.7. The van der Waals surface area contributed by atoms with Crippen LogP contribution in [0.5, 0.6) is 5.75 Å². The van der Waals surface area contributed by atoms with Crippen LogP contribution in [0.25, 0.3) is 0 Å². The van der Waals surface area contributed by atoms with Crippen LogP contribution in [-0.2, 0) is 11.2 Å². The molecule has 0 aliphatic rings. The van der Waals surface area contributed by atoms with Gasteiger partial charge in [0.25, 0.3) is 0 Å². The van der Waals surface area contributed by atoms with Gasteiger partial charge in [-0.1, -0.05) is 35.3 Å². The molecule has 2 rings (SSSR count). The summed E-state index contributed by atoms with van der Waals surface area (Å²) in [7, 11) is 0. The summed E-state index contributed by atoms with van der Waals surface area (Å²) in [6, 6.07) is 6.50. The Morgan fingerprint density at radius 3 is 2.85 bits per heavy atom. The molecular weight excluding hydrogens is 274 g/mol. The molecule has 102 valence electrons. The second-order valence-corrected chi connectivity index (χ2v) is 4.96. The number of aromatic nitrogens is 1. The fourth-order valence-electron chi connectivity index (χ4n) is 1.49. The van der Waals surface area contributed by atoms with Crippen molar-refractivity contribution in [1.29, 1.82) is 0 Å². The average Bonchev–Trinajstić information content (AvgIpc) is 2.86. The number of nitrogens with zero attached hydrogens (tertiary/aromatic N) is 1. The lowest BCUT2D eigenvalue weighted by molar-refractivity contribution is -0.115. The molecule has 0 saturated carbocycles. The molecule has 0 atom stereocenters. The predicted octanol–water partition coefficient (Wildman–Crippen LogP) is 1.34. The summed E-state index contributed by atoms with van der Waals surface area (Å²) in [5.74, 6) is 5.60. The molecule has 0 aliphatic carbocycles. The number of amides is 1. The molecule has 6 heteroatoms. The minimum atomic E-state index is -0.164. The number of nitrogens with one attached hydrogen (secondary N) is 1. The Kier molecular flexibility index (Phi) is 4.71. The maximum Gasteiger partial charge on any atom is 0.230 e. The van der Waals surface area contributed by atoms with Gasteiger partial charge < -0.3 is 16.2 Å². The maximum atomic E-state index is 11.8. The number of hydrogen-bond donors (Lipinski definition) is 3. The Bertz CT molecular complexity index is 653. The van der Waals surface area contributed by atoms with E-state index in [9.17, 15) is 4.79 Å². The highest BCUT2D eigenvalue weighted by molar-refractivity contribution is 7.16. The van der Waals surface area contributed by atoms with Gasteiger partial charge in [-0.05, 0) is 17.7 Å². The van der Waals surface area contributed by atoms with Crippen LogP contribution in [0, 0.1) is 11.8 Å². The molecule has 5 nitrogen and oxygen atoms in total. The Hall–Kier alpha value is -2.36. The van der Waals surface area contributed by atoms with E-state index in [-0.39, 0.29) is 18.1 Å². The van der Waals surface area contributed by atoms with Gasteiger partial charge in [0.2, 0.25) is 5.91 Å². The molecule has 4 N–H and O–H groups in total. The molecule has 0 radical (unpaired) electrons. The topological polar surface area (TPSA) is 88.2 Å². The van der Waals surface area contributed by atoms with Crippen LogP contribution in [0.1, 0.15) is 10.4 Å². The minimum Gasteiger partial charge on any atom is -0.508 e. The van der Waals surface area contributed by atoms with Crippen LogP contribution in [0.15, 0.2) is 30.5 Å². The Morgan fingerprint density at radius 2 is 2.15 bits per heavy atom. The monoisotopic (exact) mass is 287 g/mol. The zero-order valence-electron chi connectivity index (χ0n) is 10.6. The van der Waals surface area contributed by atoms with Crippen molar-refractivity contribution in [3.8, 4) is 17.6 Å². The van der Waals surface area contributed by atoms with Crippen molar-refractivity contribution < 1.29 is 9.90 Å². The van der Waals surface area contributed by atoms with E-state index in [1.165, 1.54) is 11.3 Å². The highest BCUT2D eigenvalue weighted by Crippen LogP contribution is 2.17. The zero-order valence-corrected chi connectivity index (χ0v) is 11.4. The maximum absolute atomic E-state index is 11.8. The second kappa shape index (κ2) is 6.70. The molecule has 20 heavy (non-hydrogen) atoms. The number of hydrogen-bond acceptors (Lipinski definition) is 5. The third kappa shape index (κ3) is 4.09. The standard InChI is InChI=1S/C14H13N3O2S/c15-7-1-2-12-9-16-14(20-12)17-13(19)8-10-3-5-11(18)6-4-10/h3-6,9,18H,7-8,15H2,(H,16,17,19). The SMILES string of the molecule is NCC#Cc1cnc(NC(=O)Cc2ccc(O)cc2)s1. The van der Waals surface area contributed by atoms with Gasteiger partial charge in [0, 0.05) is 0 Å². The van der Waals surface area contributed by atoms with E-state index in [0.717, 1.165) is 10.4 Å². The molecule has 0 unspecified atom stereocenters. The number of phenols is 1. The van der Waals surface area contributed by atoms with E-state index in [1.807, 2.05) is 0 Å². The summed E-state index contributed by atoms with van der Waals surface area (Å²) in [5, 5.41) is 12.4. The van der Waals surface area contributed by atoms with Crippen LogP contribution < -0.4 is 11.1 Å². The summed E-state index contributed by atoms with van der Waals surface area (Å²) in [6.45, 7) is 0.292. The van der Waals surface area contributed by atoms with Crippen molar-refractivity contribution >= 4 is 22.4 Å². The molecule has 1 aromatic carbocycles. The molecule has 0 fully saturated rings. The van der Waals surface area contributed by atoms with Gasteiger partial charge in [-0.15, -0.1) is 0 Å². The van der Waals surface area contributed by atoms with E-state index in [1.54, 1.807) is 30.5 Å². The summed E-state index contributed by atoms with van der Waals surface area (Å²) in [6.07, 6.45) is 1.83. The molecule has 0 saturated heterocycles. The number of carbonyl (C=O) groups is 1. The highest BCUT2D eigenvalue weighted by Gasteiger charge is 2.07. The number of nitrogens with two attached hydrogens (primary N) is 1. The van der Waals surface area contributed by atoms with E-state index in [0.29, 0.717) is 11.7 Å². The van der Waals surface area contributed by atoms with Gasteiger partial charge in [-0.3, -0.25) is 4.79 Å². The van der Waals surface area contributed by atoms with Crippen LogP contribution in [0.2, 0.25) is 0 Å². The molecular formula is C14H13N3O2S. The number of benzene rings is 1. The van der Waals surface area contributed by atoms with Gasteiger partial charge in [0.15, 0.2) is 5.13 Å². The number of rotatable bonds is 3. The molecule has 2 aromatic rings. The summed E-state index contributed by atoms with van der Waals surface area (Å²) in [5.41, 5.74) is 6.10. The zero-order chi connectivity index (χ0) is 14.4. The smallest absolute Gasteiger partial charge is 0.230 e. The van der Waals surface area contributed by atoms with Crippen LogP contribution in [0.3, 0.4) is 0 Å². The Morgan fingerprint density at radius 1 is 1.40 bits per heavy atom. The molecule has 0 aliphatic heterocycles. The van der Waals surface area contributed by atoms with Crippen LogP contribution >= 0.6 is 11.3 Å². The lowest BCUT2D eigenvalue weighted by atomic mass is 10.1. The number of anilines is 1. The van der Waals surface area contributed by atoms with Crippen LogP contribution in [0.4, 0.5) is 5.13 Å². The van der Waals surface area contributed by atoms with Crippen molar-refractivity contribution in [2.24, 2.45) is 5.73 Å². The third-order valence-corrected chi connectivity index (χ3v) is 3.19. The second-order valence-electron chi connectivity index (χ2n) is 3.93. The van der Waals surface area contributed by atoms with Crippen molar-refractivity contribution in [3.05, 3.63) is 40.9 Å². The van der Waals surface area contributed by atoms with Crippen LogP contribution in [-0.4, -0.2) is 22.5 Å². The first kappa shape index (κ1) is 14.1. The van der Waals surface area contributed by atoms with E-state index in [4.69, 9.17) is 10.8 Å². The third-order valence-electron chi connectivity index (χ3n) is 2.37. The fraction of sp³-hybridized carbons (Fsp3) is 0.143. The quantitative estimate of drug-likeness (QED) is 0.743. The van der Waals surface area contributed by atoms with E-state index < -0.39 is 0 Å². The van der Waals surface area contributed by atoms with E-state index in [2.05, 4.69) is 22.1 Å².